The number of amides is 3. The van der Waals surface area contributed by atoms with Crippen molar-refractivity contribution >= 4 is 63.4 Å². The van der Waals surface area contributed by atoms with Gasteiger partial charge in [0.25, 0.3) is 5.91 Å². The number of benzene rings is 3. The molecule has 0 aromatic heterocycles. The number of alkyl carbamates (subject to hydrolysis) is 2. The lowest BCUT2D eigenvalue weighted by Gasteiger charge is -2.27. The van der Waals surface area contributed by atoms with Gasteiger partial charge in [-0.15, -0.1) is 0 Å². The van der Waals surface area contributed by atoms with E-state index in [1.165, 1.54) is 29.6 Å². The standard InChI is InChI=1S/C39H46ClN5O9S/c1-38(2,3)53-36(48)42-35(43-37(49)54-39(4,5)6)41-31-18-14-28(15-19-31)33(46)44-22-20-32(25-44)45(24-27-8-12-29(13-9-27)34(47)52-7)55(50,51)23-21-26-10-16-30(40)17-11-26/h8-19,21,23,32H,20,22,24-25H2,1-7H3,(H2,41,42,43,48,49). The second-order valence-corrected chi connectivity index (χ2v) is 16.8. The molecular formula is C39H46ClN5O9S. The van der Waals surface area contributed by atoms with Crippen LogP contribution < -0.4 is 10.6 Å². The summed E-state index contributed by atoms with van der Waals surface area (Å²) in [6, 6.07) is 18.8. The van der Waals surface area contributed by atoms with Gasteiger partial charge in [0.05, 0.1) is 18.4 Å². The Morgan fingerprint density at radius 3 is 1.93 bits per heavy atom. The number of rotatable bonds is 9. The van der Waals surface area contributed by atoms with E-state index < -0.39 is 45.4 Å². The average molecular weight is 796 g/mol. The Morgan fingerprint density at radius 2 is 1.40 bits per heavy atom. The van der Waals surface area contributed by atoms with E-state index in [0.29, 0.717) is 45.9 Å². The van der Waals surface area contributed by atoms with Crippen LogP contribution in [0.2, 0.25) is 5.02 Å². The number of likely N-dealkylation sites (tertiary alicyclic amines) is 1. The smallest absolute Gasteiger partial charge is 0.414 e. The quantitative estimate of drug-likeness (QED) is 0.101. The van der Waals surface area contributed by atoms with Crippen LogP contribution in [0, 0.1) is 0 Å². The van der Waals surface area contributed by atoms with Crippen LogP contribution in [0.5, 0.6) is 0 Å². The van der Waals surface area contributed by atoms with Gasteiger partial charge in [0.1, 0.15) is 11.2 Å². The molecule has 1 aliphatic rings. The van der Waals surface area contributed by atoms with E-state index in [1.807, 2.05) is 0 Å². The van der Waals surface area contributed by atoms with Gasteiger partial charge >= 0.3 is 18.2 Å². The maximum atomic E-state index is 13.9. The van der Waals surface area contributed by atoms with Crippen molar-refractivity contribution in [3.8, 4) is 0 Å². The summed E-state index contributed by atoms with van der Waals surface area (Å²) in [6.45, 7) is 10.5. The molecule has 0 saturated carbocycles. The molecule has 3 aromatic carbocycles. The Kier molecular flexibility index (Phi) is 13.8. The molecule has 1 unspecified atom stereocenters. The number of halogens is 1. The van der Waals surface area contributed by atoms with Crippen LogP contribution in [0.4, 0.5) is 15.3 Å². The number of carbonyl (C=O) groups is 4. The van der Waals surface area contributed by atoms with Gasteiger partial charge in [0.2, 0.25) is 16.0 Å². The lowest BCUT2D eigenvalue weighted by Crippen LogP contribution is -2.47. The van der Waals surface area contributed by atoms with Crippen molar-refractivity contribution in [1.82, 2.24) is 19.8 Å². The SMILES string of the molecule is COC(=O)c1ccc(CN(C2CCN(C(=O)c3ccc(N=C(NC(=O)OC(C)(C)C)NC(=O)OC(C)(C)C)cc3)C2)S(=O)(=O)C=Cc2ccc(Cl)cc2)cc1. The van der Waals surface area contributed by atoms with Gasteiger partial charge < -0.3 is 19.1 Å². The van der Waals surface area contributed by atoms with Gasteiger partial charge in [-0.3, -0.25) is 15.4 Å². The summed E-state index contributed by atoms with van der Waals surface area (Å²) in [5.74, 6) is -1.09. The molecule has 0 spiro atoms. The average Bonchev–Trinajstić information content (AvgIpc) is 3.58. The number of carbonyl (C=O) groups excluding carboxylic acids is 4. The number of ether oxygens (including phenoxy) is 3. The normalized spacial score (nSPS) is 14.7. The Hall–Kier alpha value is -5.25. The maximum absolute atomic E-state index is 13.9. The van der Waals surface area contributed by atoms with Crippen LogP contribution in [-0.4, -0.2) is 85.1 Å². The van der Waals surface area contributed by atoms with Crippen molar-refractivity contribution in [1.29, 1.82) is 0 Å². The van der Waals surface area contributed by atoms with Gasteiger partial charge in [-0.2, -0.15) is 4.31 Å². The Bertz CT molecular complexity index is 1990. The fourth-order valence-electron chi connectivity index (χ4n) is 5.33. The molecule has 3 aromatic rings. The fraction of sp³-hybridized carbons (Fsp3) is 0.359. The second kappa shape index (κ2) is 17.9. The van der Waals surface area contributed by atoms with E-state index in [-0.39, 0.29) is 25.0 Å². The number of esters is 1. The lowest BCUT2D eigenvalue weighted by atomic mass is 10.1. The number of nitrogens with one attached hydrogen (secondary N) is 2. The molecule has 55 heavy (non-hydrogen) atoms. The van der Waals surface area contributed by atoms with Gasteiger partial charge in [0, 0.05) is 41.7 Å². The van der Waals surface area contributed by atoms with E-state index in [4.69, 9.17) is 25.8 Å². The highest BCUT2D eigenvalue weighted by atomic mass is 35.5. The predicted molar refractivity (Wildman–Crippen MR) is 209 cm³/mol. The molecule has 2 N–H and O–H groups in total. The lowest BCUT2D eigenvalue weighted by molar-refractivity contribution is 0.0541. The first-order valence-corrected chi connectivity index (χ1v) is 19.2. The number of methoxy groups -OCH3 is 1. The first-order valence-electron chi connectivity index (χ1n) is 17.3. The second-order valence-electron chi connectivity index (χ2n) is 14.6. The van der Waals surface area contributed by atoms with E-state index in [2.05, 4.69) is 15.6 Å². The monoisotopic (exact) mass is 795 g/mol. The molecule has 1 aliphatic heterocycles. The van der Waals surface area contributed by atoms with Crippen LogP contribution in [0.15, 0.2) is 83.2 Å². The summed E-state index contributed by atoms with van der Waals surface area (Å²) < 4.78 is 44.5. The molecule has 1 saturated heterocycles. The van der Waals surface area contributed by atoms with Crippen molar-refractivity contribution < 1.29 is 41.8 Å². The molecule has 4 rings (SSSR count). The minimum atomic E-state index is -4.01. The summed E-state index contributed by atoms with van der Waals surface area (Å²) in [4.78, 5) is 56.5. The van der Waals surface area contributed by atoms with Crippen molar-refractivity contribution in [2.45, 2.75) is 71.8 Å². The van der Waals surface area contributed by atoms with Crippen molar-refractivity contribution in [2.24, 2.45) is 4.99 Å². The van der Waals surface area contributed by atoms with Crippen LogP contribution in [0.1, 0.15) is 79.8 Å². The molecule has 1 atom stereocenters. The maximum Gasteiger partial charge on any atom is 0.414 e. The molecule has 1 heterocycles. The molecule has 1 fully saturated rings. The number of sulfonamides is 1. The Morgan fingerprint density at radius 1 is 0.855 bits per heavy atom. The highest BCUT2D eigenvalue weighted by molar-refractivity contribution is 7.92. The van der Waals surface area contributed by atoms with Crippen molar-refractivity contribution in [2.75, 3.05) is 20.2 Å². The predicted octanol–water partition coefficient (Wildman–Crippen LogP) is 6.88. The summed E-state index contributed by atoms with van der Waals surface area (Å²) in [7, 11) is -2.73. The minimum absolute atomic E-state index is 0.00879. The summed E-state index contributed by atoms with van der Waals surface area (Å²) >= 11 is 5.99. The highest BCUT2D eigenvalue weighted by Gasteiger charge is 2.36. The Labute approximate surface area is 326 Å². The molecule has 0 aliphatic carbocycles. The highest BCUT2D eigenvalue weighted by Crippen LogP contribution is 2.26. The van der Waals surface area contributed by atoms with Crippen LogP contribution in [0.25, 0.3) is 6.08 Å². The number of nitrogens with zero attached hydrogens (tertiary/aromatic N) is 3. The number of hydrogen-bond acceptors (Lipinski definition) is 10. The zero-order valence-corrected chi connectivity index (χ0v) is 33.4. The fourth-order valence-corrected chi connectivity index (χ4v) is 6.85. The largest absolute Gasteiger partial charge is 0.465 e. The third kappa shape index (κ3) is 13.2. The van der Waals surface area contributed by atoms with Crippen molar-refractivity contribution in [3.05, 3.63) is 105 Å². The van der Waals surface area contributed by atoms with Crippen LogP contribution >= 0.6 is 11.6 Å². The first-order chi connectivity index (χ1) is 25.7. The minimum Gasteiger partial charge on any atom is -0.465 e. The summed E-state index contributed by atoms with van der Waals surface area (Å²) in [5, 5.41) is 6.48. The first kappa shape index (κ1) is 42.5. The van der Waals surface area contributed by atoms with Crippen LogP contribution in [0.3, 0.4) is 0 Å². The molecule has 3 amide bonds. The molecule has 0 bridgehead atoms. The van der Waals surface area contributed by atoms with Crippen molar-refractivity contribution in [3.63, 3.8) is 0 Å². The van der Waals surface area contributed by atoms with Gasteiger partial charge in [-0.25, -0.2) is 27.8 Å². The molecule has 14 nitrogen and oxygen atoms in total. The summed E-state index contributed by atoms with van der Waals surface area (Å²) in [6.07, 6.45) is 0.149. The molecule has 16 heteroatoms. The summed E-state index contributed by atoms with van der Waals surface area (Å²) in [5.41, 5.74) is 0.581. The zero-order valence-electron chi connectivity index (χ0n) is 31.8. The van der Waals surface area contributed by atoms with Gasteiger partial charge in [0.15, 0.2) is 0 Å². The molecule has 0 radical (unpaired) electrons. The molecular weight excluding hydrogens is 750 g/mol. The molecule has 294 valence electrons. The van der Waals surface area contributed by atoms with E-state index >= 15 is 0 Å². The number of hydrogen-bond donors (Lipinski definition) is 2. The van der Waals surface area contributed by atoms with Gasteiger partial charge in [-0.05, 0) is 114 Å². The number of guanidine groups is 1. The third-order valence-electron chi connectivity index (χ3n) is 7.79. The third-order valence-corrected chi connectivity index (χ3v) is 9.61. The van der Waals surface area contributed by atoms with E-state index in [0.717, 1.165) is 5.41 Å². The number of aliphatic imine (C=N–C) groups is 1. The van der Waals surface area contributed by atoms with Crippen LogP contribution in [-0.2, 0) is 30.8 Å². The van der Waals surface area contributed by atoms with E-state index in [9.17, 15) is 27.6 Å². The van der Waals surface area contributed by atoms with E-state index in [1.54, 1.807) is 107 Å². The van der Waals surface area contributed by atoms with Gasteiger partial charge in [-0.1, -0.05) is 35.9 Å². The topological polar surface area (TPSA) is 173 Å². The zero-order chi connectivity index (χ0) is 40.6. The Balaban J connectivity index is 1.53.